The first-order valence-corrected chi connectivity index (χ1v) is 11.1. The molecule has 1 aliphatic rings. The molecule has 1 fully saturated rings. The number of carbonyl (C=O) groups is 1. The van der Waals surface area contributed by atoms with Crippen molar-refractivity contribution in [3.05, 3.63) is 60.3 Å². The van der Waals surface area contributed by atoms with Crippen LogP contribution in [0.2, 0.25) is 0 Å². The quantitative estimate of drug-likeness (QED) is 0.433. The summed E-state index contributed by atoms with van der Waals surface area (Å²) < 4.78 is 31.7. The third-order valence-electron chi connectivity index (χ3n) is 6.04. The third-order valence-corrected chi connectivity index (χ3v) is 6.04. The molecule has 182 valence electrons. The molecule has 0 aliphatic heterocycles. The van der Waals surface area contributed by atoms with Gasteiger partial charge in [-0.05, 0) is 53.9 Å². The molecular weight excluding hydrogens is 445 g/mol. The Morgan fingerprint density at radius 3 is 2.26 bits per heavy atom. The van der Waals surface area contributed by atoms with E-state index in [9.17, 15) is 13.2 Å². The summed E-state index contributed by atoms with van der Waals surface area (Å²) in [5.74, 6) is -2.76. The molecule has 0 radical (unpaired) electrons. The number of alkyl halides is 3. The van der Waals surface area contributed by atoms with Gasteiger partial charge in [0, 0.05) is 18.2 Å². The van der Waals surface area contributed by atoms with Crippen molar-refractivity contribution in [1.82, 2.24) is 20.7 Å². The minimum Gasteiger partial charge on any atom is -0.475 e. The number of H-pyrrole nitrogens is 1. The number of hydrogen-bond acceptors (Lipinski definition) is 4. The molecule has 6 nitrogen and oxygen atoms in total. The lowest BCUT2D eigenvalue weighted by atomic mass is 9.75. The summed E-state index contributed by atoms with van der Waals surface area (Å²) in [6.07, 6.45) is 1.90. The van der Waals surface area contributed by atoms with Gasteiger partial charge in [-0.2, -0.15) is 28.6 Å². The van der Waals surface area contributed by atoms with Crippen molar-refractivity contribution in [2.75, 3.05) is 0 Å². The number of hydrogen-bond donors (Lipinski definition) is 3. The molecule has 0 amide bonds. The zero-order valence-electron chi connectivity index (χ0n) is 19.2. The number of halogens is 3. The molecule has 1 heterocycles. The predicted molar refractivity (Wildman–Crippen MR) is 124 cm³/mol. The fourth-order valence-electron chi connectivity index (χ4n) is 3.88. The van der Waals surface area contributed by atoms with Crippen LogP contribution in [0.15, 0.2) is 54.7 Å². The van der Waals surface area contributed by atoms with Gasteiger partial charge in [0.15, 0.2) is 0 Å². The minimum atomic E-state index is -5.08. The van der Waals surface area contributed by atoms with Gasteiger partial charge in [-0.1, -0.05) is 56.3 Å². The summed E-state index contributed by atoms with van der Waals surface area (Å²) in [4.78, 5) is 8.90. The average molecular weight is 475 g/mol. The van der Waals surface area contributed by atoms with Crippen molar-refractivity contribution >= 4 is 5.97 Å². The number of carboxylic acids is 1. The number of nitrogens with zero attached hydrogens (tertiary/aromatic N) is 2. The van der Waals surface area contributed by atoms with Crippen LogP contribution in [0.3, 0.4) is 0 Å². The molecule has 1 aliphatic carbocycles. The summed E-state index contributed by atoms with van der Waals surface area (Å²) >= 11 is 0. The number of aromatic nitrogens is 3. The van der Waals surface area contributed by atoms with Gasteiger partial charge in [0.25, 0.3) is 0 Å². The van der Waals surface area contributed by atoms with Gasteiger partial charge in [-0.15, -0.1) is 0 Å². The molecule has 0 bridgehead atoms. The van der Waals surface area contributed by atoms with Gasteiger partial charge in [0.1, 0.15) is 5.69 Å². The fourth-order valence-corrected chi connectivity index (χ4v) is 3.88. The van der Waals surface area contributed by atoms with Crippen LogP contribution in [-0.4, -0.2) is 38.7 Å². The number of benzene rings is 2. The van der Waals surface area contributed by atoms with E-state index in [4.69, 9.17) is 9.90 Å². The molecule has 1 saturated carbocycles. The van der Waals surface area contributed by atoms with Crippen LogP contribution in [0.4, 0.5) is 13.2 Å². The molecule has 1 aromatic heterocycles. The molecular formula is C25H29F3N4O2. The van der Waals surface area contributed by atoms with Crippen molar-refractivity contribution in [2.24, 2.45) is 5.41 Å². The SMILES string of the molecule is CC1(C)CCC(NCc2ccc(-c3cccc(-c4cn[nH]n4)c3)cc2)CC1.O=C(O)C(F)(F)F. The van der Waals surface area contributed by atoms with E-state index < -0.39 is 12.1 Å². The van der Waals surface area contributed by atoms with Crippen molar-refractivity contribution in [3.63, 3.8) is 0 Å². The van der Waals surface area contributed by atoms with Crippen LogP contribution >= 0.6 is 0 Å². The van der Waals surface area contributed by atoms with Gasteiger partial charge < -0.3 is 10.4 Å². The van der Waals surface area contributed by atoms with E-state index >= 15 is 0 Å². The Balaban J connectivity index is 0.000000406. The Labute approximate surface area is 196 Å². The second-order valence-corrected chi connectivity index (χ2v) is 9.26. The van der Waals surface area contributed by atoms with E-state index in [0.717, 1.165) is 17.8 Å². The van der Waals surface area contributed by atoms with E-state index in [2.05, 4.69) is 83.1 Å². The van der Waals surface area contributed by atoms with Gasteiger partial charge >= 0.3 is 12.1 Å². The molecule has 0 atom stereocenters. The van der Waals surface area contributed by atoms with E-state index in [1.54, 1.807) is 6.20 Å². The number of carboxylic acid groups (broad SMARTS) is 1. The number of rotatable bonds is 5. The first-order valence-electron chi connectivity index (χ1n) is 11.1. The Morgan fingerprint density at radius 1 is 1.09 bits per heavy atom. The zero-order chi connectivity index (χ0) is 24.8. The van der Waals surface area contributed by atoms with Crippen molar-refractivity contribution in [3.8, 4) is 22.4 Å². The lowest BCUT2D eigenvalue weighted by Crippen LogP contribution is -2.35. The monoisotopic (exact) mass is 474 g/mol. The summed E-state index contributed by atoms with van der Waals surface area (Å²) in [5.41, 5.74) is 6.24. The van der Waals surface area contributed by atoms with Gasteiger partial charge in [0.2, 0.25) is 0 Å². The maximum atomic E-state index is 10.6. The molecule has 4 rings (SSSR count). The molecule has 2 aromatic carbocycles. The molecule has 0 saturated heterocycles. The first kappa shape index (κ1) is 25.4. The second kappa shape index (κ2) is 10.8. The van der Waals surface area contributed by atoms with Crippen LogP contribution in [0, 0.1) is 5.41 Å². The third kappa shape index (κ3) is 7.41. The Kier molecular flexibility index (Phi) is 8.09. The minimum absolute atomic E-state index is 0.528. The second-order valence-electron chi connectivity index (χ2n) is 9.26. The van der Waals surface area contributed by atoms with E-state index in [-0.39, 0.29) is 0 Å². The maximum absolute atomic E-state index is 10.6. The summed E-state index contributed by atoms with van der Waals surface area (Å²) in [5, 5.41) is 21.6. The van der Waals surface area contributed by atoms with Crippen molar-refractivity contribution < 1.29 is 23.1 Å². The van der Waals surface area contributed by atoms with Crippen LogP contribution in [0.1, 0.15) is 45.1 Å². The highest BCUT2D eigenvalue weighted by atomic mass is 19.4. The zero-order valence-corrected chi connectivity index (χ0v) is 19.2. The lowest BCUT2D eigenvalue weighted by Gasteiger charge is -2.34. The molecule has 0 unspecified atom stereocenters. The smallest absolute Gasteiger partial charge is 0.475 e. The van der Waals surface area contributed by atoms with Gasteiger partial charge in [-0.3, -0.25) is 0 Å². The van der Waals surface area contributed by atoms with Crippen molar-refractivity contribution in [2.45, 2.75) is 58.3 Å². The van der Waals surface area contributed by atoms with Gasteiger partial charge in [0.05, 0.1) is 6.20 Å². The van der Waals surface area contributed by atoms with E-state index in [1.807, 2.05) is 0 Å². The summed E-state index contributed by atoms with van der Waals surface area (Å²) in [6, 6.07) is 18.0. The highest BCUT2D eigenvalue weighted by Gasteiger charge is 2.38. The number of aliphatic carboxylic acids is 1. The van der Waals surface area contributed by atoms with Crippen LogP contribution in [0.25, 0.3) is 22.4 Å². The largest absolute Gasteiger partial charge is 0.490 e. The first-order chi connectivity index (χ1) is 16.0. The summed E-state index contributed by atoms with van der Waals surface area (Å²) in [6.45, 7) is 5.73. The highest BCUT2D eigenvalue weighted by Crippen LogP contribution is 2.35. The molecule has 3 aromatic rings. The predicted octanol–water partition coefficient (Wildman–Crippen LogP) is 5.83. The van der Waals surface area contributed by atoms with Crippen LogP contribution < -0.4 is 5.32 Å². The molecule has 3 N–H and O–H groups in total. The van der Waals surface area contributed by atoms with Crippen molar-refractivity contribution in [1.29, 1.82) is 0 Å². The topological polar surface area (TPSA) is 90.9 Å². The lowest BCUT2D eigenvalue weighted by molar-refractivity contribution is -0.192. The average Bonchev–Trinajstić information content (AvgIpc) is 3.34. The normalized spacial score (nSPS) is 15.9. The standard InChI is InChI=1S/C23H28N4.C2HF3O2/c1-23(2)12-10-21(11-13-23)24-15-17-6-8-18(9-7-17)19-4-3-5-20(14-19)22-16-25-27-26-22;3-2(4,5)1(6)7/h3-9,14,16,21,24H,10-13,15H2,1-2H3,(H,25,26,27);(H,6,7). The number of nitrogens with one attached hydrogen (secondary N) is 2. The molecule has 0 spiro atoms. The van der Waals surface area contributed by atoms with E-state index in [1.165, 1.54) is 42.4 Å². The maximum Gasteiger partial charge on any atom is 0.490 e. The Hall–Kier alpha value is -3.20. The van der Waals surface area contributed by atoms with Gasteiger partial charge in [-0.25, -0.2) is 4.79 Å². The molecule has 34 heavy (non-hydrogen) atoms. The fraction of sp³-hybridized carbons (Fsp3) is 0.400. The number of aromatic amines is 1. The highest BCUT2D eigenvalue weighted by molar-refractivity contribution is 5.73. The Bertz CT molecular complexity index is 1050. The van der Waals surface area contributed by atoms with E-state index in [0.29, 0.717) is 11.5 Å². The Morgan fingerprint density at radius 2 is 1.71 bits per heavy atom. The van der Waals surface area contributed by atoms with Crippen LogP contribution in [-0.2, 0) is 11.3 Å². The molecule has 9 heteroatoms. The van der Waals surface area contributed by atoms with Crippen LogP contribution in [0.5, 0.6) is 0 Å². The summed E-state index contributed by atoms with van der Waals surface area (Å²) in [7, 11) is 0.